The first-order chi connectivity index (χ1) is 12.2. The highest BCUT2D eigenvalue weighted by atomic mass is 16.5. The van der Waals surface area contributed by atoms with E-state index in [4.69, 9.17) is 9.26 Å². The zero-order valence-corrected chi connectivity index (χ0v) is 13.8. The van der Waals surface area contributed by atoms with E-state index in [0.29, 0.717) is 24.7 Å². The normalized spacial score (nSPS) is 17.1. The van der Waals surface area contributed by atoms with Crippen LogP contribution in [-0.4, -0.2) is 29.7 Å². The number of hydrogen-bond acceptors (Lipinski definition) is 5. The summed E-state index contributed by atoms with van der Waals surface area (Å²) in [6, 6.07) is 17.1. The van der Waals surface area contributed by atoms with Crippen molar-refractivity contribution >= 4 is 11.6 Å². The van der Waals surface area contributed by atoms with Crippen molar-refractivity contribution in [1.29, 1.82) is 0 Å². The lowest BCUT2D eigenvalue weighted by atomic mass is 10.1. The van der Waals surface area contributed by atoms with Crippen molar-refractivity contribution in [2.75, 3.05) is 18.6 Å². The van der Waals surface area contributed by atoms with Crippen molar-refractivity contribution in [3.63, 3.8) is 0 Å². The van der Waals surface area contributed by atoms with Gasteiger partial charge in [0.05, 0.1) is 7.11 Å². The Morgan fingerprint density at radius 2 is 2.00 bits per heavy atom. The lowest BCUT2D eigenvalue weighted by Crippen LogP contribution is -2.24. The van der Waals surface area contributed by atoms with Crippen molar-refractivity contribution in [3.8, 4) is 17.2 Å². The molecule has 6 heteroatoms. The second-order valence-corrected chi connectivity index (χ2v) is 5.93. The van der Waals surface area contributed by atoms with Gasteiger partial charge in [-0.2, -0.15) is 4.98 Å². The standard InChI is InChI=1S/C19H17N3O3/c1-24-16-9-5-6-13(10-16)19-20-18(21-25-19)14-11-17(23)22(12-14)15-7-3-2-4-8-15/h2-10,14H,11-12H2,1H3/t14-/m1/s1. The van der Waals surface area contributed by atoms with Crippen molar-refractivity contribution in [1.82, 2.24) is 10.1 Å². The molecule has 4 rings (SSSR count). The Balaban J connectivity index is 1.56. The maximum atomic E-state index is 12.3. The highest BCUT2D eigenvalue weighted by Gasteiger charge is 2.34. The molecule has 6 nitrogen and oxygen atoms in total. The molecule has 1 aliphatic heterocycles. The van der Waals surface area contributed by atoms with Crippen molar-refractivity contribution in [2.24, 2.45) is 0 Å². The molecule has 2 aromatic carbocycles. The van der Waals surface area contributed by atoms with Crippen molar-refractivity contribution in [2.45, 2.75) is 12.3 Å². The summed E-state index contributed by atoms with van der Waals surface area (Å²) in [5.41, 5.74) is 1.69. The molecule has 1 saturated heterocycles. The van der Waals surface area contributed by atoms with Crippen LogP contribution in [0.3, 0.4) is 0 Å². The van der Waals surface area contributed by atoms with E-state index in [9.17, 15) is 4.79 Å². The van der Waals surface area contributed by atoms with Crippen LogP contribution in [0.4, 0.5) is 5.69 Å². The van der Waals surface area contributed by atoms with Gasteiger partial charge in [0.2, 0.25) is 5.91 Å². The summed E-state index contributed by atoms with van der Waals surface area (Å²) in [6.07, 6.45) is 0.381. The van der Waals surface area contributed by atoms with Gasteiger partial charge in [-0.15, -0.1) is 0 Å². The smallest absolute Gasteiger partial charge is 0.258 e. The van der Waals surface area contributed by atoms with E-state index in [0.717, 1.165) is 17.0 Å². The fourth-order valence-electron chi connectivity index (χ4n) is 3.01. The van der Waals surface area contributed by atoms with Gasteiger partial charge in [-0.05, 0) is 30.3 Å². The van der Waals surface area contributed by atoms with E-state index in [1.807, 2.05) is 54.6 Å². The first-order valence-electron chi connectivity index (χ1n) is 8.08. The maximum absolute atomic E-state index is 12.3. The lowest BCUT2D eigenvalue weighted by Gasteiger charge is -2.15. The fraction of sp³-hybridized carbons (Fsp3) is 0.211. The van der Waals surface area contributed by atoms with Gasteiger partial charge >= 0.3 is 0 Å². The van der Waals surface area contributed by atoms with Gasteiger partial charge in [0.1, 0.15) is 5.75 Å². The summed E-state index contributed by atoms with van der Waals surface area (Å²) in [7, 11) is 1.61. The van der Waals surface area contributed by atoms with Crippen LogP contribution in [0.1, 0.15) is 18.2 Å². The van der Waals surface area contributed by atoms with Crippen molar-refractivity contribution in [3.05, 3.63) is 60.4 Å². The molecule has 0 aliphatic carbocycles. The van der Waals surface area contributed by atoms with E-state index in [1.165, 1.54) is 0 Å². The summed E-state index contributed by atoms with van der Waals surface area (Å²) < 4.78 is 10.6. The third kappa shape index (κ3) is 2.98. The van der Waals surface area contributed by atoms with Crippen LogP contribution in [0.15, 0.2) is 59.1 Å². The monoisotopic (exact) mass is 335 g/mol. The van der Waals surface area contributed by atoms with Gasteiger partial charge in [-0.25, -0.2) is 0 Å². The minimum absolute atomic E-state index is 0.0731. The Kier molecular flexibility index (Phi) is 3.93. The van der Waals surface area contributed by atoms with Gasteiger partial charge < -0.3 is 14.2 Å². The molecule has 1 aliphatic rings. The molecule has 0 radical (unpaired) electrons. The minimum Gasteiger partial charge on any atom is -0.497 e. The average molecular weight is 335 g/mol. The molecule has 2 heterocycles. The summed E-state index contributed by atoms with van der Waals surface area (Å²) in [4.78, 5) is 18.6. The molecule has 1 amide bonds. The summed E-state index contributed by atoms with van der Waals surface area (Å²) in [6.45, 7) is 0.555. The summed E-state index contributed by atoms with van der Waals surface area (Å²) in [5, 5.41) is 4.09. The van der Waals surface area contributed by atoms with Gasteiger partial charge in [0, 0.05) is 30.1 Å². The maximum Gasteiger partial charge on any atom is 0.258 e. The first kappa shape index (κ1) is 15.4. The topological polar surface area (TPSA) is 68.5 Å². The largest absolute Gasteiger partial charge is 0.497 e. The number of nitrogens with zero attached hydrogens (tertiary/aromatic N) is 3. The van der Waals surface area contributed by atoms with Crippen LogP contribution in [0.25, 0.3) is 11.5 Å². The van der Waals surface area contributed by atoms with E-state index in [2.05, 4.69) is 10.1 Å². The quantitative estimate of drug-likeness (QED) is 0.732. The Hall–Kier alpha value is -3.15. The summed E-state index contributed by atoms with van der Waals surface area (Å²) >= 11 is 0. The fourth-order valence-corrected chi connectivity index (χ4v) is 3.01. The molecule has 1 fully saturated rings. The molecule has 0 unspecified atom stereocenters. The number of carbonyl (C=O) groups excluding carboxylic acids is 1. The number of para-hydroxylation sites is 1. The molecule has 0 saturated carbocycles. The Morgan fingerprint density at radius 1 is 1.16 bits per heavy atom. The predicted octanol–water partition coefficient (Wildman–Crippen LogP) is 3.27. The number of hydrogen-bond donors (Lipinski definition) is 0. The third-order valence-corrected chi connectivity index (χ3v) is 4.32. The van der Waals surface area contributed by atoms with E-state index >= 15 is 0 Å². The van der Waals surface area contributed by atoms with Gasteiger partial charge in [-0.3, -0.25) is 4.79 Å². The Bertz CT molecular complexity index is 892. The van der Waals surface area contributed by atoms with Crippen LogP contribution >= 0.6 is 0 Å². The number of carbonyl (C=O) groups is 1. The second-order valence-electron chi connectivity index (χ2n) is 5.93. The van der Waals surface area contributed by atoms with Crippen LogP contribution in [-0.2, 0) is 4.79 Å². The number of ether oxygens (including phenoxy) is 1. The minimum atomic E-state index is -0.0733. The molecule has 3 aromatic rings. The highest BCUT2D eigenvalue weighted by Crippen LogP contribution is 2.31. The number of rotatable bonds is 4. The van der Waals surface area contributed by atoms with E-state index in [-0.39, 0.29) is 11.8 Å². The predicted molar refractivity (Wildman–Crippen MR) is 92.4 cm³/mol. The molecule has 25 heavy (non-hydrogen) atoms. The Morgan fingerprint density at radius 3 is 2.80 bits per heavy atom. The zero-order chi connectivity index (χ0) is 17.2. The zero-order valence-electron chi connectivity index (χ0n) is 13.8. The molecular weight excluding hydrogens is 318 g/mol. The summed E-state index contributed by atoms with van der Waals surface area (Å²) in [5.74, 6) is 1.72. The molecule has 0 N–H and O–H groups in total. The van der Waals surface area contributed by atoms with E-state index < -0.39 is 0 Å². The first-order valence-corrected chi connectivity index (χ1v) is 8.08. The number of aromatic nitrogens is 2. The second kappa shape index (κ2) is 6.39. The van der Waals surface area contributed by atoms with Gasteiger partial charge in [0.25, 0.3) is 5.89 Å². The molecular formula is C19H17N3O3. The van der Waals surface area contributed by atoms with Gasteiger partial charge in [-0.1, -0.05) is 29.4 Å². The van der Waals surface area contributed by atoms with E-state index in [1.54, 1.807) is 12.0 Å². The van der Waals surface area contributed by atoms with Crippen LogP contribution in [0, 0.1) is 0 Å². The average Bonchev–Trinajstić information content (AvgIpc) is 3.29. The number of amides is 1. The lowest BCUT2D eigenvalue weighted by molar-refractivity contribution is -0.117. The molecule has 1 atom stereocenters. The van der Waals surface area contributed by atoms with Crippen LogP contribution in [0.2, 0.25) is 0 Å². The molecule has 126 valence electrons. The number of benzene rings is 2. The van der Waals surface area contributed by atoms with Gasteiger partial charge in [0.15, 0.2) is 5.82 Å². The van der Waals surface area contributed by atoms with Crippen LogP contribution < -0.4 is 9.64 Å². The number of anilines is 1. The molecule has 1 aromatic heterocycles. The third-order valence-electron chi connectivity index (χ3n) is 4.32. The van der Waals surface area contributed by atoms with Crippen molar-refractivity contribution < 1.29 is 14.1 Å². The SMILES string of the molecule is COc1cccc(-c2nc([C@@H]3CC(=O)N(c4ccccc4)C3)no2)c1. The molecule has 0 spiro atoms. The van der Waals surface area contributed by atoms with Crippen LogP contribution in [0.5, 0.6) is 5.75 Å². The highest BCUT2D eigenvalue weighted by molar-refractivity contribution is 5.96. The molecule has 0 bridgehead atoms. The Labute approximate surface area is 145 Å². The number of methoxy groups -OCH3 is 1.